The van der Waals surface area contributed by atoms with Crippen LogP contribution in [0.3, 0.4) is 0 Å². The molecule has 0 atom stereocenters. The number of benzene rings is 14. The lowest BCUT2D eigenvalue weighted by Gasteiger charge is -2.13. The molecule has 0 amide bonds. The van der Waals surface area contributed by atoms with Crippen LogP contribution in [0.1, 0.15) is 0 Å². The number of para-hydroxylation sites is 2. The zero-order valence-corrected chi connectivity index (χ0v) is 51.2. The van der Waals surface area contributed by atoms with Crippen LogP contribution in [0, 0.1) is 0 Å². The Bertz CT molecular complexity index is 6340. The van der Waals surface area contributed by atoms with Gasteiger partial charge >= 0.3 is 0 Å². The maximum atomic E-state index is 6.57. The maximum Gasteiger partial charge on any atom is 0.165 e. The van der Waals surface area contributed by atoms with Crippen molar-refractivity contribution in [3.63, 3.8) is 0 Å². The highest BCUT2D eigenvalue weighted by molar-refractivity contribution is 6.20. The van der Waals surface area contributed by atoms with Gasteiger partial charge in [0.1, 0.15) is 44.7 Å². The SMILES string of the molecule is c1ccc(-c2nc(-c3ccccc3)nc(-c3c(-c4ccc5c(c4)oc4ccccc45)ccc4oc5cc6ccccc6cc5c34)n2)cc1.c1ccc(-c2nc(-c3ccccc3)nc(-c3c(-c4ccc5oc6ccccc6c5c4)ccc4oc5cc6ccccc6cc5c34)n2)cc1. The Morgan fingerprint density at radius 3 is 0.948 bits per heavy atom. The minimum Gasteiger partial charge on any atom is -0.456 e. The smallest absolute Gasteiger partial charge is 0.165 e. The van der Waals surface area contributed by atoms with Gasteiger partial charge in [-0.15, -0.1) is 0 Å². The molecule has 0 radical (unpaired) electrons. The first-order valence-electron chi connectivity index (χ1n) is 31.9. The third-order valence-corrected chi connectivity index (χ3v) is 18.2. The standard InChI is InChI=1S/2C43H25N3O2/c1-3-11-26(12-4-1)41-44-42(27-13-5-2-6-14-27)46-43(45-41)40-31(30-19-21-36-33(24-30)32-17-9-10-18-35(32)47-36)20-22-37-39(40)34-23-28-15-7-8-16-29(28)25-38(34)48-37;1-3-11-26(12-4-1)41-44-42(27-13-5-2-6-14-27)46-43(45-41)40-31(30-19-20-33-32-17-9-10-18-35(32)47-37(33)25-30)21-22-36-39(40)34-23-28-15-7-8-16-29(28)24-38(34)48-36/h2*1-25H. The van der Waals surface area contributed by atoms with Crippen LogP contribution in [-0.2, 0) is 0 Å². The fourth-order valence-corrected chi connectivity index (χ4v) is 13.7. The molecule has 10 heteroatoms. The van der Waals surface area contributed by atoms with E-state index in [4.69, 9.17) is 47.6 Å². The summed E-state index contributed by atoms with van der Waals surface area (Å²) in [5, 5.41) is 12.8. The van der Waals surface area contributed by atoms with Crippen molar-refractivity contribution in [2.75, 3.05) is 0 Å². The fourth-order valence-electron chi connectivity index (χ4n) is 13.7. The second-order valence-electron chi connectivity index (χ2n) is 24.0. The molecule has 0 spiro atoms. The molecule has 0 aliphatic carbocycles. The first-order chi connectivity index (χ1) is 47.5. The van der Waals surface area contributed by atoms with Crippen LogP contribution in [-0.4, -0.2) is 29.9 Å². The molecule has 6 aromatic heterocycles. The lowest BCUT2D eigenvalue weighted by atomic mass is 9.93. The minimum atomic E-state index is 0.573. The number of fused-ring (bicyclic) bond motifs is 14. The van der Waals surface area contributed by atoms with E-state index in [0.717, 1.165) is 165 Å². The van der Waals surface area contributed by atoms with Gasteiger partial charge < -0.3 is 17.7 Å². The van der Waals surface area contributed by atoms with Gasteiger partial charge in [0.05, 0.1) is 0 Å². The predicted molar refractivity (Wildman–Crippen MR) is 387 cm³/mol. The molecule has 0 aliphatic heterocycles. The van der Waals surface area contributed by atoms with E-state index < -0.39 is 0 Å². The molecule has 0 saturated carbocycles. The number of hydrogen-bond donors (Lipinski definition) is 0. The van der Waals surface area contributed by atoms with E-state index in [-0.39, 0.29) is 0 Å². The van der Waals surface area contributed by atoms with Gasteiger partial charge in [0.15, 0.2) is 34.9 Å². The summed E-state index contributed by atoms with van der Waals surface area (Å²) in [7, 11) is 0. The van der Waals surface area contributed by atoms with E-state index in [1.807, 2.05) is 158 Å². The van der Waals surface area contributed by atoms with Crippen molar-refractivity contribution in [3.8, 4) is 90.6 Å². The Kier molecular flexibility index (Phi) is 12.7. The number of rotatable bonds is 8. The molecule has 10 nitrogen and oxygen atoms in total. The van der Waals surface area contributed by atoms with E-state index in [1.54, 1.807) is 0 Å². The van der Waals surface area contributed by atoms with E-state index in [1.165, 1.54) is 0 Å². The Morgan fingerprint density at radius 1 is 0.177 bits per heavy atom. The van der Waals surface area contributed by atoms with Gasteiger partial charge in [-0.25, -0.2) is 29.9 Å². The highest BCUT2D eigenvalue weighted by Gasteiger charge is 2.26. The van der Waals surface area contributed by atoms with Crippen molar-refractivity contribution in [1.82, 2.24) is 29.9 Å². The van der Waals surface area contributed by atoms with Gasteiger partial charge in [-0.2, -0.15) is 0 Å². The van der Waals surface area contributed by atoms with Crippen molar-refractivity contribution >= 4 is 109 Å². The Morgan fingerprint density at radius 2 is 0.490 bits per heavy atom. The normalized spacial score (nSPS) is 11.8. The van der Waals surface area contributed by atoms with Gasteiger partial charge in [-0.1, -0.05) is 218 Å². The fraction of sp³-hybridized carbons (Fsp3) is 0. The summed E-state index contributed by atoms with van der Waals surface area (Å²) in [6.07, 6.45) is 0. The van der Waals surface area contributed by atoms with Crippen LogP contribution >= 0.6 is 0 Å². The summed E-state index contributed by atoms with van der Waals surface area (Å²) in [6.45, 7) is 0. The zero-order valence-electron chi connectivity index (χ0n) is 51.2. The van der Waals surface area contributed by atoms with E-state index in [0.29, 0.717) is 34.9 Å². The van der Waals surface area contributed by atoms with E-state index >= 15 is 0 Å². The van der Waals surface area contributed by atoms with Crippen LogP contribution in [0.25, 0.3) is 200 Å². The second-order valence-corrected chi connectivity index (χ2v) is 24.0. The quantitative estimate of drug-likeness (QED) is 0.145. The van der Waals surface area contributed by atoms with E-state index in [9.17, 15) is 0 Å². The Balaban J connectivity index is 0.000000135. The van der Waals surface area contributed by atoms with Gasteiger partial charge in [-0.05, 0) is 129 Å². The summed E-state index contributed by atoms with van der Waals surface area (Å²) in [5.41, 5.74) is 16.0. The monoisotopic (exact) mass is 1230 g/mol. The first kappa shape index (κ1) is 54.5. The van der Waals surface area contributed by atoms with E-state index in [2.05, 4.69) is 146 Å². The molecule has 448 valence electrons. The molecule has 96 heavy (non-hydrogen) atoms. The van der Waals surface area contributed by atoms with Gasteiger partial charge in [-0.3, -0.25) is 0 Å². The molecular formula is C86H50N6O4. The summed E-state index contributed by atoms with van der Waals surface area (Å²) in [5.74, 6) is 3.58. The molecule has 20 aromatic rings. The summed E-state index contributed by atoms with van der Waals surface area (Å²) in [4.78, 5) is 30.8. The highest BCUT2D eigenvalue weighted by Crippen LogP contribution is 2.47. The van der Waals surface area contributed by atoms with Crippen molar-refractivity contribution < 1.29 is 17.7 Å². The molecule has 0 saturated heterocycles. The molecule has 14 aromatic carbocycles. The number of hydrogen-bond acceptors (Lipinski definition) is 10. The number of nitrogens with zero attached hydrogens (tertiary/aromatic N) is 6. The average Bonchev–Trinajstić information content (AvgIpc) is 1.51. The van der Waals surface area contributed by atoms with Crippen LogP contribution in [0.15, 0.2) is 321 Å². The summed E-state index contributed by atoms with van der Waals surface area (Å²) < 4.78 is 25.7. The minimum absolute atomic E-state index is 0.573. The lowest BCUT2D eigenvalue weighted by Crippen LogP contribution is -2.01. The molecule has 0 N–H and O–H groups in total. The molecule has 0 bridgehead atoms. The van der Waals surface area contributed by atoms with Gasteiger partial charge in [0.2, 0.25) is 0 Å². The van der Waals surface area contributed by atoms with Crippen molar-refractivity contribution in [1.29, 1.82) is 0 Å². The van der Waals surface area contributed by atoms with Crippen LogP contribution < -0.4 is 0 Å². The molecule has 20 rings (SSSR count). The third kappa shape index (κ3) is 9.34. The van der Waals surface area contributed by atoms with Crippen molar-refractivity contribution in [2.45, 2.75) is 0 Å². The van der Waals surface area contributed by atoms with Gasteiger partial charge in [0.25, 0.3) is 0 Å². The zero-order chi connectivity index (χ0) is 63.2. The maximum absolute atomic E-state index is 6.57. The topological polar surface area (TPSA) is 130 Å². The molecule has 0 aliphatic rings. The molecule has 0 unspecified atom stereocenters. The summed E-state index contributed by atoms with van der Waals surface area (Å²) >= 11 is 0. The Hall–Kier alpha value is -13.2. The van der Waals surface area contributed by atoms with Crippen molar-refractivity contribution in [3.05, 3.63) is 303 Å². The number of furan rings is 4. The second kappa shape index (κ2) is 22.3. The van der Waals surface area contributed by atoms with Crippen LogP contribution in [0.4, 0.5) is 0 Å². The first-order valence-corrected chi connectivity index (χ1v) is 31.9. The molecule has 6 heterocycles. The predicted octanol–water partition coefficient (Wildman–Crippen LogP) is 23.0. The van der Waals surface area contributed by atoms with Crippen LogP contribution in [0.5, 0.6) is 0 Å². The molecule has 0 fully saturated rings. The van der Waals surface area contributed by atoms with Crippen LogP contribution in [0.2, 0.25) is 0 Å². The highest BCUT2D eigenvalue weighted by atomic mass is 16.3. The van der Waals surface area contributed by atoms with Gasteiger partial charge in [0, 0.05) is 76.5 Å². The number of aromatic nitrogens is 6. The molecular weight excluding hydrogens is 1180 g/mol. The Labute approximate surface area is 547 Å². The van der Waals surface area contributed by atoms with Crippen molar-refractivity contribution in [2.24, 2.45) is 0 Å². The summed E-state index contributed by atoms with van der Waals surface area (Å²) in [6, 6.07) is 103. The third-order valence-electron chi connectivity index (χ3n) is 18.2. The lowest BCUT2D eigenvalue weighted by molar-refractivity contribution is 0.668. The average molecular weight is 1230 g/mol. The largest absolute Gasteiger partial charge is 0.456 e.